The molecule has 0 amide bonds. The Kier molecular flexibility index (Phi) is 7.62. The molecule has 0 aromatic heterocycles. The summed E-state index contributed by atoms with van der Waals surface area (Å²) in [7, 11) is 1.61. The maximum Gasteiger partial charge on any atom is 0.330 e. The zero-order valence-corrected chi connectivity index (χ0v) is 17.6. The van der Waals surface area contributed by atoms with Crippen LogP contribution in [0.3, 0.4) is 0 Å². The highest BCUT2D eigenvalue weighted by molar-refractivity contribution is 5.82. The number of aliphatic hydroxyl groups excluding tert-OH is 2. The van der Waals surface area contributed by atoms with Gasteiger partial charge in [0.05, 0.1) is 18.3 Å². The molecule has 1 aliphatic carbocycles. The average molecular weight is 395 g/mol. The van der Waals surface area contributed by atoms with Crippen molar-refractivity contribution < 1.29 is 29.2 Å². The SMILES string of the molecule is C=C1CCC(OC(=O)C=CC(O)C(C)O)C(OC)C1C1(C)OC1CC=C(C)C. The molecule has 0 bridgehead atoms. The highest BCUT2D eigenvalue weighted by atomic mass is 16.6. The molecule has 1 heterocycles. The number of hydrogen-bond acceptors (Lipinski definition) is 6. The average Bonchev–Trinajstić information content (AvgIpc) is 3.29. The van der Waals surface area contributed by atoms with Crippen molar-refractivity contribution in [2.75, 3.05) is 7.11 Å². The van der Waals surface area contributed by atoms with E-state index in [1.807, 2.05) is 0 Å². The minimum absolute atomic E-state index is 0.0633. The molecule has 1 saturated heterocycles. The third-order valence-electron chi connectivity index (χ3n) is 5.68. The highest BCUT2D eigenvalue weighted by Gasteiger charge is 2.61. The number of ether oxygens (including phenoxy) is 3. The van der Waals surface area contributed by atoms with Crippen molar-refractivity contribution in [3.05, 3.63) is 36.0 Å². The van der Waals surface area contributed by atoms with Gasteiger partial charge in [0, 0.05) is 19.1 Å². The van der Waals surface area contributed by atoms with E-state index in [4.69, 9.17) is 14.2 Å². The summed E-state index contributed by atoms with van der Waals surface area (Å²) < 4.78 is 17.4. The van der Waals surface area contributed by atoms with E-state index >= 15 is 0 Å². The van der Waals surface area contributed by atoms with Crippen molar-refractivity contribution in [1.82, 2.24) is 0 Å². The molecule has 2 rings (SSSR count). The van der Waals surface area contributed by atoms with Crippen LogP contribution in [0.15, 0.2) is 36.0 Å². The van der Waals surface area contributed by atoms with Crippen molar-refractivity contribution >= 4 is 5.97 Å². The predicted molar refractivity (Wildman–Crippen MR) is 107 cm³/mol. The van der Waals surface area contributed by atoms with E-state index in [9.17, 15) is 15.0 Å². The molecule has 28 heavy (non-hydrogen) atoms. The molecule has 158 valence electrons. The molecule has 0 aromatic rings. The van der Waals surface area contributed by atoms with Crippen molar-refractivity contribution in [3.63, 3.8) is 0 Å². The van der Waals surface area contributed by atoms with Crippen LogP contribution < -0.4 is 0 Å². The summed E-state index contributed by atoms with van der Waals surface area (Å²) in [4.78, 5) is 12.2. The summed E-state index contributed by atoms with van der Waals surface area (Å²) in [5, 5.41) is 18.9. The van der Waals surface area contributed by atoms with E-state index in [1.165, 1.54) is 18.6 Å². The first-order valence-electron chi connectivity index (χ1n) is 9.86. The minimum atomic E-state index is -1.11. The Labute approximate surface area is 167 Å². The maximum atomic E-state index is 12.2. The van der Waals surface area contributed by atoms with E-state index in [-0.39, 0.29) is 23.7 Å². The second-order valence-electron chi connectivity index (χ2n) is 8.25. The molecule has 0 spiro atoms. The summed E-state index contributed by atoms with van der Waals surface area (Å²) in [6.45, 7) is 11.9. The summed E-state index contributed by atoms with van der Waals surface area (Å²) in [6, 6.07) is 0. The molecule has 7 atom stereocenters. The first-order valence-corrected chi connectivity index (χ1v) is 9.86. The molecule has 1 aliphatic heterocycles. The Hall–Kier alpha value is -1.47. The van der Waals surface area contributed by atoms with Gasteiger partial charge >= 0.3 is 5.97 Å². The number of carbonyl (C=O) groups is 1. The fourth-order valence-electron chi connectivity index (χ4n) is 3.94. The van der Waals surface area contributed by atoms with Crippen molar-refractivity contribution in [2.45, 2.75) is 83.1 Å². The smallest absolute Gasteiger partial charge is 0.330 e. The summed E-state index contributed by atoms with van der Waals surface area (Å²) in [5.74, 6) is -0.632. The minimum Gasteiger partial charge on any atom is -0.456 e. The summed E-state index contributed by atoms with van der Waals surface area (Å²) in [5.41, 5.74) is 1.93. The fourth-order valence-corrected chi connectivity index (χ4v) is 3.94. The Bertz CT molecular complexity index is 633. The molecule has 1 saturated carbocycles. The molecule has 6 heteroatoms. The molecular formula is C22H34O6. The lowest BCUT2D eigenvalue weighted by molar-refractivity contribution is -0.156. The van der Waals surface area contributed by atoms with Crippen LogP contribution in [-0.2, 0) is 19.0 Å². The van der Waals surface area contributed by atoms with Gasteiger partial charge in [0.25, 0.3) is 0 Å². The number of methoxy groups -OCH3 is 1. The largest absolute Gasteiger partial charge is 0.456 e. The number of epoxide rings is 1. The summed E-state index contributed by atoms with van der Waals surface area (Å²) >= 11 is 0. The van der Waals surface area contributed by atoms with Gasteiger partial charge in [-0.3, -0.25) is 0 Å². The second kappa shape index (κ2) is 9.35. The van der Waals surface area contributed by atoms with Crippen LogP contribution in [0, 0.1) is 5.92 Å². The van der Waals surface area contributed by atoms with Gasteiger partial charge in [-0.05, 0) is 53.0 Å². The normalized spacial score (nSPS) is 34.8. The molecular weight excluding hydrogens is 360 g/mol. The molecule has 6 nitrogen and oxygen atoms in total. The van der Waals surface area contributed by atoms with Crippen LogP contribution in [0.1, 0.15) is 47.0 Å². The molecule has 2 N–H and O–H groups in total. The van der Waals surface area contributed by atoms with Crippen LogP contribution in [0.2, 0.25) is 0 Å². The highest BCUT2D eigenvalue weighted by Crippen LogP contribution is 2.52. The lowest BCUT2D eigenvalue weighted by Gasteiger charge is -2.40. The monoisotopic (exact) mass is 394 g/mol. The molecule has 0 radical (unpaired) electrons. The summed E-state index contributed by atoms with van der Waals surface area (Å²) in [6.07, 6.45) is 4.00. The van der Waals surface area contributed by atoms with Gasteiger partial charge in [-0.1, -0.05) is 23.8 Å². The number of carbonyl (C=O) groups excluding carboxylic acids is 1. The van der Waals surface area contributed by atoms with Gasteiger partial charge in [0.1, 0.15) is 17.8 Å². The van der Waals surface area contributed by atoms with E-state index in [0.29, 0.717) is 6.42 Å². The Balaban J connectivity index is 2.07. The third-order valence-corrected chi connectivity index (χ3v) is 5.68. The molecule has 2 aliphatic rings. The lowest BCUT2D eigenvalue weighted by Crippen LogP contribution is -2.48. The van der Waals surface area contributed by atoms with Crippen LogP contribution in [-0.4, -0.2) is 59.4 Å². The van der Waals surface area contributed by atoms with Crippen LogP contribution in [0.5, 0.6) is 0 Å². The van der Waals surface area contributed by atoms with E-state index < -0.39 is 24.3 Å². The van der Waals surface area contributed by atoms with E-state index in [0.717, 1.165) is 24.5 Å². The number of esters is 1. The van der Waals surface area contributed by atoms with Crippen LogP contribution in [0.25, 0.3) is 0 Å². The topological polar surface area (TPSA) is 88.5 Å². The van der Waals surface area contributed by atoms with E-state index in [2.05, 4.69) is 33.4 Å². The van der Waals surface area contributed by atoms with Crippen molar-refractivity contribution in [2.24, 2.45) is 5.92 Å². The lowest BCUT2D eigenvalue weighted by atomic mass is 9.72. The van der Waals surface area contributed by atoms with Gasteiger partial charge in [-0.2, -0.15) is 0 Å². The quantitative estimate of drug-likeness (QED) is 0.285. The van der Waals surface area contributed by atoms with Gasteiger partial charge in [0.15, 0.2) is 0 Å². The van der Waals surface area contributed by atoms with Crippen molar-refractivity contribution in [1.29, 1.82) is 0 Å². The zero-order chi connectivity index (χ0) is 21.1. The maximum absolute atomic E-state index is 12.2. The van der Waals surface area contributed by atoms with Crippen molar-refractivity contribution in [3.8, 4) is 0 Å². The van der Waals surface area contributed by atoms with Gasteiger partial charge < -0.3 is 24.4 Å². The number of hydrogen-bond donors (Lipinski definition) is 2. The number of aliphatic hydroxyl groups is 2. The third kappa shape index (κ3) is 5.32. The molecule has 2 fully saturated rings. The second-order valence-corrected chi connectivity index (χ2v) is 8.25. The number of allylic oxidation sites excluding steroid dienone is 1. The van der Waals surface area contributed by atoms with Crippen LogP contribution in [0.4, 0.5) is 0 Å². The first-order chi connectivity index (χ1) is 13.1. The van der Waals surface area contributed by atoms with Gasteiger partial charge in [-0.15, -0.1) is 0 Å². The van der Waals surface area contributed by atoms with Gasteiger partial charge in [-0.25, -0.2) is 4.79 Å². The standard InChI is InChI=1S/C22H34O6/c1-13(2)7-11-18-22(5,28-18)20-14(3)8-10-17(21(20)26-6)27-19(25)12-9-16(24)15(4)23/h7,9,12,15-18,20-21,23-24H,3,8,10-11H2,1-2,4-6H3. The zero-order valence-electron chi connectivity index (χ0n) is 17.6. The molecule has 7 unspecified atom stereocenters. The first kappa shape index (κ1) is 22.8. The van der Waals surface area contributed by atoms with E-state index in [1.54, 1.807) is 7.11 Å². The van der Waals surface area contributed by atoms with Gasteiger partial charge in [0.2, 0.25) is 0 Å². The Morgan fingerprint density at radius 2 is 2.11 bits per heavy atom. The van der Waals surface area contributed by atoms with Crippen LogP contribution >= 0.6 is 0 Å². The number of rotatable bonds is 8. The Morgan fingerprint density at radius 1 is 1.43 bits per heavy atom. The molecule has 0 aromatic carbocycles. The Morgan fingerprint density at radius 3 is 2.68 bits per heavy atom. The fraction of sp³-hybridized carbons (Fsp3) is 0.682. The predicted octanol–water partition coefficient (Wildman–Crippen LogP) is 2.69.